The van der Waals surface area contributed by atoms with Crippen LogP contribution in [0.2, 0.25) is 5.02 Å². The third-order valence-corrected chi connectivity index (χ3v) is 5.33. The van der Waals surface area contributed by atoms with Gasteiger partial charge in [-0.3, -0.25) is 0 Å². The molecule has 0 atom stereocenters. The standard InChI is InChI=1S/C21H20ClF3O3S/c1-14(10-15-2-6-17(7-3-15)21(23,24)25)20-26-11-19(12-27-20)28-29-13-16-4-8-18(22)9-5-16/h2-10,19-20H,11-13H2,1H3. The number of ether oxygens (including phenoxy) is 2. The highest BCUT2D eigenvalue weighted by atomic mass is 35.5. The number of rotatable bonds is 6. The summed E-state index contributed by atoms with van der Waals surface area (Å²) in [5, 5.41) is 0.694. The Hall–Kier alpha value is -1.51. The highest BCUT2D eigenvalue weighted by molar-refractivity contribution is 7.93. The molecule has 0 aromatic heterocycles. The van der Waals surface area contributed by atoms with Crippen LogP contribution < -0.4 is 0 Å². The quantitative estimate of drug-likeness (QED) is 0.484. The molecule has 0 amide bonds. The first-order chi connectivity index (χ1) is 13.8. The van der Waals surface area contributed by atoms with Gasteiger partial charge in [-0.1, -0.05) is 41.9 Å². The fourth-order valence-electron chi connectivity index (χ4n) is 2.68. The van der Waals surface area contributed by atoms with Crippen molar-refractivity contribution < 1.29 is 26.8 Å². The van der Waals surface area contributed by atoms with Crippen LogP contribution in [0, 0.1) is 0 Å². The normalized spacial score (nSPS) is 20.7. The molecule has 1 fully saturated rings. The summed E-state index contributed by atoms with van der Waals surface area (Å²) >= 11 is 7.19. The molecule has 1 aliphatic heterocycles. The van der Waals surface area contributed by atoms with Crippen molar-refractivity contribution in [3.8, 4) is 0 Å². The average molecular weight is 445 g/mol. The van der Waals surface area contributed by atoms with Crippen LogP contribution in [0.1, 0.15) is 23.6 Å². The van der Waals surface area contributed by atoms with Gasteiger partial charge in [0.05, 0.1) is 18.8 Å². The topological polar surface area (TPSA) is 27.7 Å². The number of hydrogen-bond donors (Lipinski definition) is 0. The van der Waals surface area contributed by atoms with Gasteiger partial charge in [0, 0.05) is 10.8 Å². The molecule has 0 spiro atoms. The Morgan fingerprint density at radius 2 is 1.72 bits per heavy atom. The van der Waals surface area contributed by atoms with Gasteiger partial charge in [0.25, 0.3) is 0 Å². The predicted molar refractivity (Wildman–Crippen MR) is 108 cm³/mol. The minimum absolute atomic E-state index is 0.192. The maximum atomic E-state index is 12.6. The van der Waals surface area contributed by atoms with Crippen molar-refractivity contribution >= 4 is 29.7 Å². The van der Waals surface area contributed by atoms with Gasteiger partial charge >= 0.3 is 6.18 Å². The van der Waals surface area contributed by atoms with E-state index in [9.17, 15) is 13.2 Å². The van der Waals surface area contributed by atoms with E-state index in [2.05, 4.69) is 0 Å². The number of benzene rings is 2. The van der Waals surface area contributed by atoms with Gasteiger partial charge in [0.1, 0.15) is 6.10 Å². The average Bonchev–Trinajstić information content (AvgIpc) is 2.70. The Bertz CT molecular complexity index is 815. The summed E-state index contributed by atoms with van der Waals surface area (Å²) < 4.78 is 55.0. The van der Waals surface area contributed by atoms with E-state index in [1.165, 1.54) is 24.2 Å². The van der Waals surface area contributed by atoms with Gasteiger partial charge in [-0.05, 0) is 59.9 Å². The molecule has 0 radical (unpaired) electrons. The molecule has 156 valence electrons. The Morgan fingerprint density at radius 3 is 2.31 bits per heavy atom. The third-order valence-electron chi connectivity index (χ3n) is 4.21. The second-order valence-electron chi connectivity index (χ2n) is 6.61. The van der Waals surface area contributed by atoms with E-state index >= 15 is 0 Å². The molecule has 0 bridgehead atoms. The summed E-state index contributed by atoms with van der Waals surface area (Å²) in [5.74, 6) is 0.684. The third kappa shape index (κ3) is 6.76. The van der Waals surface area contributed by atoms with E-state index in [0.717, 1.165) is 23.3 Å². The molecule has 3 nitrogen and oxygen atoms in total. The van der Waals surface area contributed by atoms with Crippen LogP contribution in [0.15, 0.2) is 54.1 Å². The molecule has 8 heteroatoms. The van der Waals surface area contributed by atoms with Gasteiger partial charge < -0.3 is 13.7 Å². The van der Waals surface area contributed by atoms with Crippen molar-refractivity contribution in [3.63, 3.8) is 0 Å². The fourth-order valence-corrected chi connectivity index (χ4v) is 3.51. The first-order valence-corrected chi connectivity index (χ1v) is 10.2. The summed E-state index contributed by atoms with van der Waals surface area (Å²) in [6, 6.07) is 12.5. The SMILES string of the molecule is CC(=Cc1ccc(C(F)(F)F)cc1)C1OCC(OSCc2ccc(Cl)cc2)CO1. The molecule has 1 aliphatic rings. The number of alkyl halides is 3. The van der Waals surface area contributed by atoms with Crippen molar-refractivity contribution in [1.82, 2.24) is 0 Å². The highest BCUT2D eigenvalue weighted by Crippen LogP contribution is 2.29. The zero-order valence-corrected chi connectivity index (χ0v) is 17.2. The van der Waals surface area contributed by atoms with E-state index in [1.54, 1.807) is 6.08 Å². The molecule has 1 heterocycles. The maximum Gasteiger partial charge on any atom is 0.416 e. The van der Waals surface area contributed by atoms with Gasteiger partial charge in [0.2, 0.25) is 0 Å². The Labute approximate surface area is 177 Å². The Balaban J connectivity index is 1.44. The first kappa shape index (κ1) is 22.2. The first-order valence-electron chi connectivity index (χ1n) is 8.92. The van der Waals surface area contributed by atoms with Gasteiger partial charge in [-0.25, -0.2) is 0 Å². The minimum atomic E-state index is -4.34. The molecule has 0 saturated carbocycles. The van der Waals surface area contributed by atoms with Crippen LogP contribution in [-0.2, 0) is 25.6 Å². The molecule has 1 saturated heterocycles. The molecule has 0 unspecified atom stereocenters. The molecule has 3 rings (SSSR count). The zero-order chi connectivity index (χ0) is 20.9. The second-order valence-corrected chi connectivity index (χ2v) is 7.77. The lowest BCUT2D eigenvalue weighted by Crippen LogP contribution is -2.36. The van der Waals surface area contributed by atoms with Crippen LogP contribution >= 0.6 is 23.6 Å². The van der Waals surface area contributed by atoms with Crippen molar-refractivity contribution in [3.05, 3.63) is 75.8 Å². The van der Waals surface area contributed by atoms with Crippen LogP contribution in [0.4, 0.5) is 13.2 Å². The largest absolute Gasteiger partial charge is 0.416 e. The summed E-state index contributed by atoms with van der Waals surface area (Å²) in [6.07, 6.45) is -3.32. The molecule has 0 aliphatic carbocycles. The van der Waals surface area contributed by atoms with Crippen LogP contribution in [-0.4, -0.2) is 25.6 Å². The van der Waals surface area contributed by atoms with Crippen LogP contribution in [0.3, 0.4) is 0 Å². The lowest BCUT2D eigenvalue weighted by molar-refractivity contribution is -0.189. The van der Waals surface area contributed by atoms with E-state index in [1.807, 2.05) is 31.2 Å². The number of halogens is 4. The van der Waals surface area contributed by atoms with Gasteiger partial charge in [0.15, 0.2) is 6.29 Å². The van der Waals surface area contributed by atoms with Gasteiger partial charge in [-0.15, -0.1) is 0 Å². The second kappa shape index (κ2) is 10.00. The lowest BCUT2D eigenvalue weighted by Gasteiger charge is -2.29. The smallest absolute Gasteiger partial charge is 0.346 e. The summed E-state index contributed by atoms with van der Waals surface area (Å²) in [7, 11) is 0. The Morgan fingerprint density at radius 1 is 1.10 bits per heavy atom. The van der Waals surface area contributed by atoms with Gasteiger partial charge in [-0.2, -0.15) is 13.2 Å². The monoisotopic (exact) mass is 444 g/mol. The zero-order valence-electron chi connectivity index (χ0n) is 15.6. The maximum absolute atomic E-state index is 12.6. The number of hydrogen-bond acceptors (Lipinski definition) is 4. The molecular weight excluding hydrogens is 425 g/mol. The van der Waals surface area contributed by atoms with E-state index < -0.39 is 18.0 Å². The van der Waals surface area contributed by atoms with Crippen LogP contribution in [0.5, 0.6) is 0 Å². The van der Waals surface area contributed by atoms with Crippen LogP contribution in [0.25, 0.3) is 6.08 Å². The molecule has 2 aromatic rings. The molecule has 29 heavy (non-hydrogen) atoms. The summed E-state index contributed by atoms with van der Waals surface area (Å²) in [5.41, 5.74) is 1.86. The minimum Gasteiger partial charge on any atom is -0.346 e. The van der Waals surface area contributed by atoms with Crippen molar-refractivity contribution in [1.29, 1.82) is 0 Å². The van der Waals surface area contributed by atoms with E-state index in [4.69, 9.17) is 25.3 Å². The molecule has 2 aromatic carbocycles. The predicted octanol–water partition coefficient (Wildman–Crippen LogP) is 6.37. The summed E-state index contributed by atoms with van der Waals surface area (Å²) in [6.45, 7) is 2.56. The summed E-state index contributed by atoms with van der Waals surface area (Å²) in [4.78, 5) is 0. The highest BCUT2D eigenvalue weighted by Gasteiger charge is 2.30. The molecule has 0 N–H and O–H groups in total. The molecular formula is C21H20ClF3O3S. The Kier molecular flexibility index (Phi) is 7.65. The van der Waals surface area contributed by atoms with E-state index in [0.29, 0.717) is 29.6 Å². The van der Waals surface area contributed by atoms with Crippen molar-refractivity contribution in [2.24, 2.45) is 0 Å². The fraction of sp³-hybridized carbons (Fsp3) is 0.333. The van der Waals surface area contributed by atoms with Crippen molar-refractivity contribution in [2.45, 2.75) is 31.2 Å². The lowest BCUT2D eigenvalue weighted by atomic mass is 10.1. The van der Waals surface area contributed by atoms with Crippen molar-refractivity contribution in [2.75, 3.05) is 13.2 Å². The van der Waals surface area contributed by atoms with E-state index in [-0.39, 0.29) is 6.10 Å².